The largest absolute Gasteiger partial charge is 0.363 e. The van der Waals surface area contributed by atoms with E-state index in [1.54, 1.807) is 0 Å². The minimum absolute atomic E-state index is 0. The van der Waals surface area contributed by atoms with Gasteiger partial charge in [0.1, 0.15) is 5.82 Å². The fourth-order valence-corrected chi connectivity index (χ4v) is 1.51. The van der Waals surface area contributed by atoms with Crippen LogP contribution in [0.2, 0.25) is 0 Å². The molecule has 0 aromatic carbocycles. The second-order valence-corrected chi connectivity index (χ2v) is 3.76. The van der Waals surface area contributed by atoms with Crippen molar-refractivity contribution < 1.29 is 0 Å². The van der Waals surface area contributed by atoms with Crippen molar-refractivity contribution in [2.45, 2.75) is 13.5 Å². The molecule has 0 fully saturated rings. The Morgan fingerprint density at radius 3 is 2.62 bits per heavy atom. The lowest BCUT2D eigenvalue weighted by Crippen LogP contribution is -2.04. The Balaban J connectivity index is 0.00000128. The minimum Gasteiger partial charge on any atom is -0.363 e. The van der Waals surface area contributed by atoms with Crippen molar-refractivity contribution in [1.82, 2.24) is 14.3 Å². The van der Waals surface area contributed by atoms with Crippen LogP contribution < -0.4 is 5.32 Å². The number of aryl methyl sites for hydroxylation is 3. The molecule has 4 nitrogen and oxygen atoms in total. The molecule has 2 aromatic heterocycles. The summed E-state index contributed by atoms with van der Waals surface area (Å²) in [5, 5.41) is 7.63. The second-order valence-electron chi connectivity index (χ2n) is 3.76. The van der Waals surface area contributed by atoms with Crippen LogP contribution in [0.4, 0.5) is 5.82 Å². The van der Waals surface area contributed by atoms with Gasteiger partial charge in [-0.15, -0.1) is 12.4 Å². The summed E-state index contributed by atoms with van der Waals surface area (Å²) in [6.45, 7) is 2.85. The smallest absolute Gasteiger partial charge is 0.148 e. The van der Waals surface area contributed by atoms with Crippen LogP contribution in [0.5, 0.6) is 0 Å². The maximum atomic E-state index is 4.34. The molecular weight excluding hydrogens is 224 g/mol. The molecule has 0 aliphatic heterocycles. The van der Waals surface area contributed by atoms with Gasteiger partial charge >= 0.3 is 0 Å². The fraction of sp³-hybridized carbons (Fsp3) is 0.364. The third kappa shape index (κ3) is 2.58. The fourth-order valence-electron chi connectivity index (χ4n) is 1.51. The number of anilines is 1. The Hall–Kier alpha value is -1.42. The van der Waals surface area contributed by atoms with Crippen molar-refractivity contribution in [3.8, 4) is 0 Å². The van der Waals surface area contributed by atoms with Gasteiger partial charge in [-0.3, -0.25) is 4.68 Å². The Morgan fingerprint density at radius 2 is 2.12 bits per heavy atom. The van der Waals surface area contributed by atoms with Gasteiger partial charge in [0.05, 0.1) is 6.54 Å². The highest BCUT2D eigenvalue weighted by Gasteiger charge is 2.01. The van der Waals surface area contributed by atoms with Crippen molar-refractivity contribution >= 4 is 18.2 Å². The molecule has 0 atom stereocenters. The van der Waals surface area contributed by atoms with Crippen molar-refractivity contribution in [3.05, 3.63) is 35.8 Å². The highest BCUT2D eigenvalue weighted by Crippen LogP contribution is 2.09. The maximum absolute atomic E-state index is 4.34. The van der Waals surface area contributed by atoms with E-state index in [0.717, 1.165) is 18.1 Å². The predicted molar refractivity (Wildman–Crippen MR) is 67.9 cm³/mol. The first-order chi connectivity index (χ1) is 7.16. The van der Waals surface area contributed by atoms with Crippen molar-refractivity contribution in [1.29, 1.82) is 0 Å². The van der Waals surface area contributed by atoms with Gasteiger partial charge in [0.15, 0.2) is 0 Å². The van der Waals surface area contributed by atoms with Crippen LogP contribution in [-0.2, 0) is 20.6 Å². The molecule has 2 heterocycles. The summed E-state index contributed by atoms with van der Waals surface area (Å²) in [7, 11) is 3.99. The molecule has 0 saturated carbocycles. The van der Waals surface area contributed by atoms with E-state index in [1.165, 1.54) is 5.69 Å². The summed E-state index contributed by atoms with van der Waals surface area (Å²) < 4.78 is 3.97. The van der Waals surface area contributed by atoms with Gasteiger partial charge in [-0.1, -0.05) is 0 Å². The van der Waals surface area contributed by atoms with Gasteiger partial charge < -0.3 is 9.88 Å². The predicted octanol–water partition coefficient (Wildman–Crippen LogP) is 2.10. The highest BCUT2D eigenvalue weighted by molar-refractivity contribution is 5.85. The van der Waals surface area contributed by atoms with Crippen molar-refractivity contribution in [2.24, 2.45) is 14.1 Å². The molecule has 88 valence electrons. The summed E-state index contributed by atoms with van der Waals surface area (Å²) in [5.41, 5.74) is 2.41. The van der Waals surface area contributed by atoms with Gasteiger partial charge in [0, 0.05) is 37.7 Å². The quantitative estimate of drug-likeness (QED) is 0.892. The molecule has 5 heteroatoms. The molecule has 16 heavy (non-hydrogen) atoms. The Kier molecular flexibility index (Phi) is 4.01. The summed E-state index contributed by atoms with van der Waals surface area (Å²) in [6, 6.07) is 6.19. The van der Waals surface area contributed by atoms with Gasteiger partial charge in [0.25, 0.3) is 0 Å². The third-order valence-corrected chi connectivity index (χ3v) is 2.62. The number of nitrogens with one attached hydrogen (secondary N) is 1. The normalized spacial score (nSPS) is 9.94. The first-order valence-corrected chi connectivity index (χ1v) is 5.01. The first-order valence-electron chi connectivity index (χ1n) is 5.01. The van der Waals surface area contributed by atoms with Crippen molar-refractivity contribution in [3.63, 3.8) is 0 Å². The average Bonchev–Trinajstić information content (AvgIpc) is 2.72. The highest BCUT2D eigenvalue weighted by atomic mass is 35.5. The number of aromatic nitrogens is 3. The zero-order chi connectivity index (χ0) is 10.8. The lowest BCUT2D eigenvalue weighted by molar-refractivity contribution is 0.739. The van der Waals surface area contributed by atoms with Crippen LogP contribution in [0.3, 0.4) is 0 Å². The number of nitrogens with zero attached hydrogens (tertiary/aromatic N) is 3. The van der Waals surface area contributed by atoms with E-state index < -0.39 is 0 Å². The van der Waals surface area contributed by atoms with Gasteiger partial charge in [0.2, 0.25) is 0 Å². The van der Waals surface area contributed by atoms with Crippen LogP contribution in [0.1, 0.15) is 11.4 Å². The van der Waals surface area contributed by atoms with Crippen LogP contribution >= 0.6 is 12.4 Å². The second kappa shape index (κ2) is 5.07. The topological polar surface area (TPSA) is 34.8 Å². The zero-order valence-electron chi connectivity index (χ0n) is 9.77. The molecule has 0 unspecified atom stereocenters. The van der Waals surface area contributed by atoms with E-state index in [2.05, 4.69) is 21.0 Å². The maximum Gasteiger partial charge on any atom is 0.148 e. The van der Waals surface area contributed by atoms with E-state index in [9.17, 15) is 0 Å². The minimum atomic E-state index is 0. The molecule has 0 aliphatic carbocycles. The van der Waals surface area contributed by atoms with Gasteiger partial charge in [-0.2, -0.15) is 5.10 Å². The van der Waals surface area contributed by atoms with Crippen LogP contribution in [0.15, 0.2) is 24.4 Å². The Bertz CT molecular complexity index is 439. The molecule has 0 saturated heterocycles. The van der Waals surface area contributed by atoms with Gasteiger partial charge in [-0.25, -0.2) is 0 Å². The first kappa shape index (κ1) is 12.6. The standard InChI is InChI=1S/C11H16N4.ClH/c1-9-7-11(13-15(9)3)12-8-10-5-4-6-14(10)2;/h4-7H,8H2,1-3H3,(H,12,13);1H. The van der Waals surface area contributed by atoms with Crippen LogP contribution in [-0.4, -0.2) is 14.3 Å². The number of halogens is 1. The molecule has 2 rings (SSSR count). The summed E-state index contributed by atoms with van der Waals surface area (Å²) >= 11 is 0. The van der Waals surface area contributed by atoms with Crippen molar-refractivity contribution in [2.75, 3.05) is 5.32 Å². The van der Waals surface area contributed by atoms with E-state index >= 15 is 0 Å². The van der Waals surface area contributed by atoms with E-state index in [-0.39, 0.29) is 12.4 Å². The van der Waals surface area contributed by atoms with Gasteiger partial charge in [-0.05, 0) is 19.1 Å². The molecular formula is C11H17ClN4. The number of rotatable bonds is 3. The summed E-state index contributed by atoms with van der Waals surface area (Å²) in [6.07, 6.45) is 2.04. The molecule has 0 aliphatic rings. The third-order valence-electron chi connectivity index (χ3n) is 2.62. The lowest BCUT2D eigenvalue weighted by Gasteiger charge is -2.04. The van der Waals surface area contributed by atoms with E-state index in [4.69, 9.17) is 0 Å². The van der Waals surface area contributed by atoms with E-state index in [0.29, 0.717) is 0 Å². The van der Waals surface area contributed by atoms with Crippen LogP contribution in [0.25, 0.3) is 0 Å². The molecule has 0 spiro atoms. The molecule has 1 N–H and O–H groups in total. The molecule has 0 radical (unpaired) electrons. The SMILES string of the molecule is Cc1cc(NCc2cccn2C)nn1C.Cl. The monoisotopic (exact) mass is 240 g/mol. The van der Waals surface area contributed by atoms with Crippen LogP contribution in [0, 0.1) is 6.92 Å². The molecule has 2 aromatic rings. The Labute approximate surface area is 102 Å². The summed E-state index contributed by atoms with van der Waals surface area (Å²) in [4.78, 5) is 0. The number of hydrogen-bond acceptors (Lipinski definition) is 2. The average molecular weight is 241 g/mol. The molecule has 0 amide bonds. The van der Waals surface area contributed by atoms with E-state index in [1.807, 2.05) is 44.0 Å². The lowest BCUT2D eigenvalue weighted by atomic mass is 10.4. The number of hydrogen-bond donors (Lipinski definition) is 1. The molecule has 0 bridgehead atoms. The zero-order valence-corrected chi connectivity index (χ0v) is 10.6. The summed E-state index contributed by atoms with van der Waals surface area (Å²) in [5.74, 6) is 0.927. The Morgan fingerprint density at radius 1 is 1.38 bits per heavy atom.